The van der Waals surface area contributed by atoms with Gasteiger partial charge in [0.05, 0.1) is 0 Å². The fraction of sp³-hybridized carbons (Fsp3) is 0.500. The molecule has 0 amide bonds. The molecule has 0 rings (SSSR count). The summed E-state index contributed by atoms with van der Waals surface area (Å²) in [6.07, 6.45) is 11.1. The molecule has 0 spiro atoms. The molecule has 1 N–H and O–H groups in total. The van der Waals surface area contributed by atoms with Crippen molar-refractivity contribution in [2.75, 3.05) is 0 Å². The SMILES string of the molecule is CCCCC=CCC=CC(=O)O. The molecule has 0 bridgehead atoms. The highest BCUT2D eigenvalue weighted by molar-refractivity contribution is 5.79. The molecule has 0 radical (unpaired) electrons. The molecule has 0 saturated heterocycles. The predicted octanol–water partition coefficient (Wildman–Crippen LogP) is 2.76. The Morgan fingerprint density at radius 3 is 2.67 bits per heavy atom. The predicted molar refractivity (Wildman–Crippen MR) is 50.1 cm³/mol. The first-order valence-electron chi connectivity index (χ1n) is 4.31. The van der Waals surface area contributed by atoms with Crippen LogP contribution in [-0.2, 0) is 4.79 Å². The van der Waals surface area contributed by atoms with E-state index in [2.05, 4.69) is 13.0 Å². The van der Waals surface area contributed by atoms with E-state index in [4.69, 9.17) is 5.11 Å². The maximum Gasteiger partial charge on any atom is 0.327 e. The molecule has 0 unspecified atom stereocenters. The third kappa shape index (κ3) is 8.95. The summed E-state index contributed by atoms with van der Waals surface area (Å²) >= 11 is 0. The van der Waals surface area contributed by atoms with E-state index in [9.17, 15) is 4.79 Å². The van der Waals surface area contributed by atoms with Gasteiger partial charge in [-0.3, -0.25) is 0 Å². The molecule has 2 nitrogen and oxygen atoms in total. The molecule has 0 aliphatic carbocycles. The van der Waals surface area contributed by atoms with Crippen LogP contribution in [0.5, 0.6) is 0 Å². The van der Waals surface area contributed by atoms with Crippen LogP contribution in [0, 0.1) is 0 Å². The van der Waals surface area contributed by atoms with Gasteiger partial charge in [-0.05, 0) is 12.8 Å². The highest BCUT2D eigenvalue weighted by Crippen LogP contribution is 1.96. The maximum atomic E-state index is 10.0. The number of carboxylic acids is 1. The first-order valence-corrected chi connectivity index (χ1v) is 4.31. The second-order valence-electron chi connectivity index (χ2n) is 2.59. The number of allylic oxidation sites excluding steroid dienone is 3. The number of carboxylic acid groups (broad SMARTS) is 1. The summed E-state index contributed by atoms with van der Waals surface area (Å²) in [5.41, 5.74) is 0. The Labute approximate surface area is 73.6 Å². The molecule has 0 saturated carbocycles. The van der Waals surface area contributed by atoms with Crippen LogP contribution < -0.4 is 0 Å². The zero-order valence-electron chi connectivity index (χ0n) is 7.49. The number of hydrogen-bond acceptors (Lipinski definition) is 1. The van der Waals surface area contributed by atoms with Gasteiger partial charge < -0.3 is 5.11 Å². The average molecular weight is 168 g/mol. The van der Waals surface area contributed by atoms with E-state index in [-0.39, 0.29) is 0 Å². The molecule has 0 atom stereocenters. The van der Waals surface area contributed by atoms with Gasteiger partial charge in [-0.2, -0.15) is 0 Å². The molecule has 0 heterocycles. The minimum absolute atomic E-state index is 0.718. The van der Waals surface area contributed by atoms with Crippen LogP contribution in [0.3, 0.4) is 0 Å². The first-order chi connectivity index (χ1) is 5.77. The number of hydrogen-bond donors (Lipinski definition) is 1. The van der Waals surface area contributed by atoms with E-state index >= 15 is 0 Å². The van der Waals surface area contributed by atoms with Crippen LogP contribution in [0.4, 0.5) is 0 Å². The Kier molecular flexibility index (Phi) is 7.35. The molecule has 0 aromatic rings. The van der Waals surface area contributed by atoms with Crippen molar-refractivity contribution in [3.63, 3.8) is 0 Å². The monoisotopic (exact) mass is 168 g/mol. The smallest absolute Gasteiger partial charge is 0.327 e. The normalized spacial score (nSPS) is 11.4. The van der Waals surface area contributed by atoms with Gasteiger partial charge in [0.25, 0.3) is 0 Å². The second kappa shape index (κ2) is 8.05. The van der Waals surface area contributed by atoms with Gasteiger partial charge >= 0.3 is 5.97 Å². The molecule has 12 heavy (non-hydrogen) atoms. The Morgan fingerprint density at radius 1 is 1.33 bits per heavy atom. The average Bonchev–Trinajstić information content (AvgIpc) is 2.02. The zero-order valence-corrected chi connectivity index (χ0v) is 7.49. The van der Waals surface area contributed by atoms with Crippen LogP contribution >= 0.6 is 0 Å². The van der Waals surface area contributed by atoms with E-state index in [0.717, 1.165) is 12.8 Å². The molecular formula is C10H16O2. The van der Waals surface area contributed by atoms with Gasteiger partial charge in [-0.25, -0.2) is 4.79 Å². The lowest BCUT2D eigenvalue weighted by molar-refractivity contribution is -0.131. The summed E-state index contributed by atoms with van der Waals surface area (Å²) in [5.74, 6) is -0.878. The van der Waals surface area contributed by atoms with Crippen molar-refractivity contribution in [3.8, 4) is 0 Å². The van der Waals surface area contributed by atoms with Gasteiger partial charge in [-0.15, -0.1) is 0 Å². The van der Waals surface area contributed by atoms with Crippen molar-refractivity contribution in [1.82, 2.24) is 0 Å². The van der Waals surface area contributed by atoms with Crippen LogP contribution in [0.25, 0.3) is 0 Å². The summed E-state index contributed by atoms with van der Waals surface area (Å²) in [6.45, 7) is 2.15. The van der Waals surface area contributed by atoms with Gasteiger partial charge in [0.1, 0.15) is 0 Å². The highest BCUT2D eigenvalue weighted by atomic mass is 16.4. The van der Waals surface area contributed by atoms with Crippen LogP contribution in [0.2, 0.25) is 0 Å². The van der Waals surface area contributed by atoms with E-state index in [1.54, 1.807) is 6.08 Å². The largest absolute Gasteiger partial charge is 0.478 e. The minimum atomic E-state index is -0.878. The minimum Gasteiger partial charge on any atom is -0.478 e. The van der Waals surface area contributed by atoms with Crippen molar-refractivity contribution >= 4 is 5.97 Å². The molecule has 0 aromatic carbocycles. The molecule has 0 aromatic heterocycles. The fourth-order valence-electron chi connectivity index (χ4n) is 0.783. The first kappa shape index (κ1) is 11.0. The number of unbranched alkanes of at least 4 members (excludes halogenated alkanes) is 2. The quantitative estimate of drug-likeness (QED) is 0.376. The van der Waals surface area contributed by atoms with Gasteiger partial charge in [-0.1, -0.05) is 38.0 Å². The lowest BCUT2D eigenvalue weighted by atomic mass is 10.2. The van der Waals surface area contributed by atoms with Crippen LogP contribution in [-0.4, -0.2) is 11.1 Å². The molecule has 0 aliphatic rings. The van der Waals surface area contributed by atoms with E-state index < -0.39 is 5.97 Å². The molecule has 68 valence electrons. The standard InChI is InChI=1S/C10H16O2/c1-2-3-4-5-6-7-8-9-10(11)12/h5-6,8-9H,2-4,7H2,1H3,(H,11,12). The summed E-state index contributed by atoms with van der Waals surface area (Å²) in [6, 6.07) is 0. The lowest BCUT2D eigenvalue weighted by Gasteiger charge is -1.86. The number of rotatable bonds is 6. The third-order valence-corrected chi connectivity index (χ3v) is 1.42. The van der Waals surface area contributed by atoms with Crippen LogP contribution in [0.1, 0.15) is 32.6 Å². The van der Waals surface area contributed by atoms with Crippen molar-refractivity contribution < 1.29 is 9.90 Å². The van der Waals surface area contributed by atoms with Crippen molar-refractivity contribution in [1.29, 1.82) is 0 Å². The van der Waals surface area contributed by atoms with Crippen LogP contribution in [0.15, 0.2) is 24.3 Å². The maximum absolute atomic E-state index is 10.0. The zero-order chi connectivity index (χ0) is 9.23. The molecule has 0 fully saturated rings. The lowest BCUT2D eigenvalue weighted by Crippen LogP contribution is -1.84. The van der Waals surface area contributed by atoms with E-state index in [1.165, 1.54) is 18.9 Å². The highest BCUT2D eigenvalue weighted by Gasteiger charge is 1.82. The number of carbonyl (C=O) groups is 1. The summed E-state index contributed by atoms with van der Waals surface area (Å²) in [5, 5.41) is 8.24. The van der Waals surface area contributed by atoms with E-state index in [0.29, 0.717) is 0 Å². The Morgan fingerprint density at radius 2 is 2.08 bits per heavy atom. The third-order valence-electron chi connectivity index (χ3n) is 1.42. The molecular weight excluding hydrogens is 152 g/mol. The topological polar surface area (TPSA) is 37.3 Å². The van der Waals surface area contributed by atoms with Gasteiger partial charge in [0.15, 0.2) is 0 Å². The molecule has 0 aliphatic heterocycles. The summed E-state index contributed by atoms with van der Waals surface area (Å²) in [4.78, 5) is 10.0. The summed E-state index contributed by atoms with van der Waals surface area (Å²) < 4.78 is 0. The summed E-state index contributed by atoms with van der Waals surface area (Å²) in [7, 11) is 0. The Bertz CT molecular complexity index is 169. The fourth-order valence-corrected chi connectivity index (χ4v) is 0.783. The van der Waals surface area contributed by atoms with Crippen molar-refractivity contribution in [2.45, 2.75) is 32.6 Å². The molecule has 2 heteroatoms. The van der Waals surface area contributed by atoms with Crippen molar-refractivity contribution in [3.05, 3.63) is 24.3 Å². The Balaban J connectivity index is 3.29. The number of aliphatic carboxylic acids is 1. The van der Waals surface area contributed by atoms with Gasteiger partial charge in [0, 0.05) is 6.08 Å². The van der Waals surface area contributed by atoms with E-state index in [1.807, 2.05) is 6.08 Å². The van der Waals surface area contributed by atoms with Crippen molar-refractivity contribution in [2.24, 2.45) is 0 Å². The Hall–Kier alpha value is -1.05. The van der Waals surface area contributed by atoms with Gasteiger partial charge in [0.2, 0.25) is 0 Å². The second-order valence-corrected chi connectivity index (χ2v) is 2.59.